The van der Waals surface area contributed by atoms with Crippen molar-refractivity contribution in [1.29, 1.82) is 0 Å². The van der Waals surface area contributed by atoms with Crippen LogP contribution in [0.3, 0.4) is 0 Å². The number of unbranched alkanes of at least 4 members (excludes halogenated alkanes) is 10. The third kappa shape index (κ3) is 16.5. The van der Waals surface area contributed by atoms with Crippen molar-refractivity contribution in [3.63, 3.8) is 0 Å². The fourth-order valence-electron chi connectivity index (χ4n) is 5.14. The molecular formula is C44H52F2O10. The van der Waals surface area contributed by atoms with Gasteiger partial charge in [-0.3, -0.25) is 0 Å². The zero-order valence-electron chi connectivity index (χ0n) is 32.3. The van der Waals surface area contributed by atoms with Crippen molar-refractivity contribution < 1.29 is 56.4 Å². The molecule has 0 aromatic heterocycles. The molecule has 56 heavy (non-hydrogen) atoms. The Hall–Kier alpha value is -5.52. The van der Waals surface area contributed by atoms with Crippen LogP contribution < -0.4 is 18.9 Å². The molecule has 0 aliphatic carbocycles. The van der Waals surface area contributed by atoms with Crippen molar-refractivity contribution in [2.45, 2.75) is 90.9 Å². The maximum absolute atomic E-state index is 14.9. The summed E-state index contributed by atoms with van der Waals surface area (Å²) >= 11 is 0. The van der Waals surface area contributed by atoms with Gasteiger partial charge in [-0.2, -0.15) is 8.78 Å². The van der Waals surface area contributed by atoms with Crippen molar-refractivity contribution in [3.8, 4) is 23.0 Å². The van der Waals surface area contributed by atoms with E-state index in [1.165, 1.54) is 24.3 Å². The van der Waals surface area contributed by atoms with Gasteiger partial charge in [-0.25, -0.2) is 19.2 Å². The molecule has 0 spiro atoms. The molecule has 0 bridgehead atoms. The topological polar surface area (TPSA) is 124 Å². The molecule has 0 radical (unpaired) electrons. The second-order valence-electron chi connectivity index (χ2n) is 13.3. The van der Waals surface area contributed by atoms with E-state index in [0.717, 1.165) is 89.2 Å². The van der Waals surface area contributed by atoms with Crippen LogP contribution in [0.1, 0.15) is 112 Å². The van der Waals surface area contributed by atoms with Crippen LogP contribution in [0.4, 0.5) is 8.78 Å². The number of hydrogen-bond acceptors (Lipinski definition) is 10. The minimum atomic E-state index is -1.48. The average Bonchev–Trinajstić information content (AvgIpc) is 3.19. The van der Waals surface area contributed by atoms with Crippen LogP contribution in [0.2, 0.25) is 0 Å². The third-order valence-electron chi connectivity index (χ3n) is 8.37. The minimum absolute atomic E-state index is 0.0986. The van der Waals surface area contributed by atoms with Crippen molar-refractivity contribution >= 4 is 23.9 Å². The molecule has 302 valence electrons. The Labute approximate surface area is 327 Å². The predicted molar refractivity (Wildman–Crippen MR) is 207 cm³/mol. The number of carbonyl (C=O) groups is 4. The van der Waals surface area contributed by atoms with Crippen LogP contribution in [0.25, 0.3) is 0 Å². The number of hydrogen-bond donors (Lipinski definition) is 0. The molecule has 3 aromatic carbocycles. The molecule has 3 aromatic rings. The van der Waals surface area contributed by atoms with Gasteiger partial charge in [-0.15, -0.1) is 0 Å². The van der Waals surface area contributed by atoms with E-state index in [0.29, 0.717) is 49.1 Å². The van der Waals surface area contributed by atoms with Crippen LogP contribution in [0.5, 0.6) is 23.0 Å². The monoisotopic (exact) mass is 778 g/mol. The van der Waals surface area contributed by atoms with E-state index >= 15 is 0 Å². The molecule has 3 rings (SSSR count). The second-order valence-corrected chi connectivity index (χ2v) is 13.3. The van der Waals surface area contributed by atoms with Gasteiger partial charge in [-0.1, -0.05) is 64.5 Å². The highest BCUT2D eigenvalue weighted by Gasteiger charge is 2.21. The van der Waals surface area contributed by atoms with Crippen molar-refractivity contribution in [2.75, 3.05) is 26.4 Å². The zero-order chi connectivity index (χ0) is 40.7. The first-order valence-electron chi connectivity index (χ1n) is 19.0. The summed E-state index contributed by atoms with van der Waals surface area (Å²) in [6, 6.07) is 14.2. The smallest absolute Gasteiger partial charge is 0.343 e. The molecule has 0 amide bonds. The van der Waals surface area contributed by atoms with E-state index in [1.54, 1.807) is 38.1 Å². The summed E-state index contributed by atoms with van der Waals surface area (Å²) in [5.74, 6) is -5.75. The van der Waals surface area contributed by atoms with E-state index in [2.05, 4.69) is 13.2 Å². The second kappa shape index (κ2) is 24.8. The highest BCUT2D eigenvalue weighted by atomic mass is 19.2. The Kier molecular flexibility index (Phi) is 19.9. The summed E-state index contributed by atoms with van der Waals surface area (Å²) in [6.07, 6.45) is 11.3. The van der Waals surface area contributed by atoms with E-state index < -0.39 is 35.1 Å². The first kappa shape index (κ1) is 44.9. The fourth-order valence-corrected chi connectivity index (χ4v) is 5.14. The Balaban J connectivity index is 1.33. The molecule has 0 aliphatic heterocycles. The van der Waals surface area contributed by atoms with E-state index in [1.807, 2.05) is 0 Å². The Morgan fingerprint density at radius 1 is 0.464 bits per heavy atom. The van der Waals surface area contributed by atoms with E-state index in [-0.39, 0.29) is 23.1 Å². The van der Waals surface area contributed by atoms with Gasteiger partial charge in [0.2, 0.25) is 11.6 Å². The van der Waals surface area contributed by atoms with Crippen LogP contribution in [-0.4, -0.2) is 50.3 Å². The predicted octanol–water partition coefficient (Wildman–Crippen LogP) is 10.1. The van der Waals surface area contributed by atoms with Gasteiger partial charge >= 0.3 is 23.9 Å². The largest absolute Gasteiger partial charge is 0.494 e. The summed E-state index contributed by atoms with van der Waals surface area (Å²) in [6.45, 7) is 12.1. The molecule has 12 heteroatoms. The molecule has 0 heterocycles. The lowest BCUT2D eigenvalue weighted by atomic mass is 10.1. The van der Waals surface area contributed by atoms with Crippen LogP contribution in [-0.2, 0) is 19.1 Å². The van der Waals surface area contributed by atoms with E-state index in [4.69, 9.17) is 28.4 Å². The first-order chi connectivity index (χ1) is 27.0. The average molecular weight is 779 g/mol. The Morgan fingerprint density at radius 3 is 1.09 bits per heavy atom. The van der Waals surface area contributed by atoms with Gasteiger partial charge in [0.15, 0.2) is 11.5 Å². The number of rotatable bonds is 26. The highest BCUT2D eigenvalue weighted by molar-refractivity contribution is 5.92. The Bertz CT molecular complexity index is 1620. The van der Waals surface area contributed by atoms with Crippen LogP contribution in [0, 0.1) is 11.6 Å². The molecule has 0 saturated carbocycles. The van der Waals surface area contributed by atoms with Gasteiger partial charge in [0.25, 0.3) is 0 Å². The molecule has 0 unspecified atom stereocenters. The van der Waals surface area contributed by atoms with Crippen LogP contribution in [0.15, 0.2) is 85.0 Å². The van der Waals surface area contributed by atoms with E-state index in [9.17, 15) is 28.0 Å². The highest BCUT2D eigenvalue weighted by Crippen LogP contribution is 2.29. The normalized spacial score (nSPS) is 10.6. The summed E-state index contributed by atoms with van der Waals surface area (Å²) in [5, 5.41) is 0. The number of halogens is 2. The van der Waals surface area contributed by atoms with Crippen LogP contribution >= 0.6 is 0 Å². The SMILES string of the molecule is C=C(C)C(=O)OCCCCCCCCOc1ccc(C(=O)Oc2ccc(OC(=O)c3ccc(OCCCCCCCCOC(=O)C(=C)C)cc3)c(F)c2F)cc1. The molecule has 0 N–H and O–H groups in total. The summed E-state index contributed by atoms with van der Waals surface area (Å²) < 4.78 is 61.5. The minimum Gasteiger partial charge on any atom is -0.494 e. The fraction of sp³-hybridized carbons (Fsp3) is 0.409. The molecule has 0 fully saturated rings. The Morgan fingerprint density at radius 2 is 0.768 bits per heavy atom. The van der Waals surface area contributed by atoms with Gasteiger partial charge in [0.05, 0.1) is 37.6 Å². The van der Waals surface area contributed by atoms with Crippen molar-refractivity contribution in [3.05, 3.63) is 108 Å². The number of carbonyl (C=O) groups excluding carboxylic acids is 4. The summed E-state index contributed by atoms with van der Waals surface area (Å²) in [4.78, 5) is 48.0. The lowest BCUT2D eigenvalue weighted by Crippen LogP contribution is -2.12. The van der Waals surface area contributed by atoms with Gasteiger partial charge in [0, 0.05) is 11.1 Å². The molecule has 0 aliphatic rings. The van der Waals surface area contributed by atoms with Gasteiger partial charge in [-0.05, 0) is 100 Å². The quantitative estimate of drug-likeness (QED) is 0.0337. The lowest BCUT2D eigenvalue weighted by Gasteiger charge is -2.11. The first-order valence-corrected chi connectivity index (χ1v) is 19.0. The van der Waals surface area contributed by atoms with Crippen molar-refractivity contribution in [1.82, 2.24) is 0 Å². The van der Waals surface area contributed by atoms with Gasteiger partial charge < -0.3 is 28.4 Å². The molecule has 0 atom stereocenters. The standard InChI is InChI=1S/C44H52F2O10/c1-31(2)41(47)53-29-15-11-7-5-9-13-27-51-35-21-17-33(18-22-35)43(49)55-37-25-26-38(40(46)39(37)45)56-44(50)34-19-23-36(24-20-34)52-28-14-10-6-8-12-16-30-54-42(48)32(3)4/h17-26H,1,3,5-16,27-30H2,2,4H3. The summed E-state index contributed by atoms with van der Waals surface area (Å²) in [5.41, 5.74) is 0.989. The molecule has 0 saturated heterocycles. The third-order valence-corrected chi connectivity index (χ3v) is 8.37. The maximum atomic E-state index is 14.9. The number of esters is 4. The molecular weight excluding hydrogens is 726 g/mol. The summed E-state index contributed by atoms with van der Waals surface area (Å²) in [7, 11) is 0. The van der Waals surface area contributed by atoms with Crippen molar-refractivity contribution in [2.24, 2.45) is 0 Å². The lowest BCUT2D eigenvalue weighted by molar-refractivity contribution is -0.139. The number of benzene rings is 3. The zero-order valence-corrected chi connectivity index (χ0v) is 32.3. The molecule has 10 nitrogen and oxygen atoms in total. The number of ether oxygens (including phenoxy) is 6. The van der Waals surface area contributed by atoms with Gasteiger partial charge in [0.1, 0.15) is 11.5 Å². The maximum Gasteiger partial charge on any atom is 0.343 e.